The first-order chi connectivity index (χ1) is 8.34. The summed E-state index contributed by atoms with van der Waals surface area (Å²) in [5.74, 6) is 0.820. The highest BCUT2D eigenvalue weighted by Crippen LogP contribution is 2.28. The molecular weight excluding hydrogens is 218 g/mol. The van der Waals surface area contributed by atoms with Crippen LogP contribution in [0.1, 0.15) is 12.8 Å². The van der Waals surface area contributed by atoms with Gasteiger partial charge in [-0.15, -0.1) is 0 Å². The van der Waals surface area contributed by atoms with Gasteiger partial charge < -0.3 is 15.2 Å². The number of ether oxygens (including phenoxy) is 1. The van der Waals surface area contributed by atoms with Crippen molar-refractivity contribution >= 4 is 0 Å². The van der Waals surface area contributed by atoms with Gasteiger partial charge in [0.2, 0.25) is 0 Å². The fraction of sp³-hybridized carbons (Fsp3) is 0.750. The smallest absolute Gasteiger partial charge is 0.0860 e. The summed E-state index contributed by atoms with van der Waals surface area (Å²) in [6.07, 6.45) is 5.82. The molecule has 1 heterocycles. The molecular formula is C12H21N3O2. The van der Waals surface area contributed by atoms with E-state index in [1.165, 1.54) is 12.8 Å². The molecule has 1 unspecified atom stereocenters. The Labute approximate surface area is 102 Å². The molecule has 0 spiro atoms. The summed E-state index contributed by atoms with van der Waals surface area (Å²) in [6, 6.07) is 1.85. The second-order valence-electron chi connectivity index (χ2n) is 4.60. The number of aromatic nitrogens is 2. The Hall–Kier alpha value is -0.910. The molecule has 17 heavy (non-hydrogen) atoms. The lowest BCUT2D eigenvalue weighted by molar-refractivity contribution is 0.115. The van der Waals surface area contributed by atoms with Crippen molar-refractivity contribution in [3.05, 3.63) is 18.5 Å². The number of aliphatic hydroxyl groups excluding tert-OH is 1. The van der Waals surface area contributed by atoms with E-state index in [0.717, 1.165) is 25.7 Å². The van der Waals surface area contributed by atoms with E-state index < -0.39 is 6.10 Å². The van der Waals surface area contributed by atoms with Crippen LogP contribution in [0, 0.1) is 5.92 Å². The molecule has 5 heteroatoms. The minimum absolute atomic E-state index is 0.404. The summed E-state index contributed by atoms with van der Waals surface area (Å²) in [5.41, 5.74) is 0. The molecule has 0 amide bonds. The van der Waals surface area contributed by atoms with E-state index in [1.807, 2.05) is 12.3 Å². The van der Waals surface area contributed by atoms with Crippen molar-refractivity contribution in [3.8, 4) is 0 Å². The van der Waals surface area contributed by atoms with Crippen molar-refractivity contribution in [1.29, 1.82) is 0 Å². The van der Waals surface area contributed by atoms with Crippen molar-refractivity contribution in [3.63, 3.8) is 0 Å². The summed E-state index contributed by atoms with van der Waals surface area (Å²) in [5, 5.41) is 16.9. The van der Waals surface area contributed by atoms with E-state index in [1.54, 1.807) is 10.9 Å². The Balaban J connectivity index is 1.43. The van der Waals surface area contributed by atoms with E-state index in [9.17, 15) is 5.11 Å². The van der Waals surface area contributed by atoms with E-state index in [-0.39, 0.29) is 0 Å². The van der Waals surface area contributed by atoms with E-state index in [4.69, 9.17) is 4.74 Å². The summed E-state index contributed by atoms with van der Waals surface area (Å²) < 4.78 is 7.22. The first-order valence-electron chi connectivity index (χ1n) is 6.28. The molecule has 0 bridgehead atoms. The lowest BCUT2D eigenvalue weighted by Crippen LogP contribution is -2.32. The predicted molar refractivity (Wildman–Crippen MR) is 64.6 cm³/mol. The minimum Gasteiger partial charge on any atom is -0.390 e. The number of nitrogens with one attached hydrogen (secondary N) is 1. The van der Waals surface area contributed by atoms with Crippen LogP contribution in [0.5, 0.6) is 0 Å². The first kappa shape index (κ1) is 12.5. The number of hydrogen-bond acceptors (Lipinski definition) is 4. The molecule has 2 rings (SSSR count). The van der Waals surface area contributed by atoms with Crippen LogP contribution >= 0.6 is 0 Å². The molecule has 1 aromatic heterocycles. The van der Waals surface area contributed by atoms with Gasteiger partial charge in [0.15, 0.2) is 0 Å². The Morgan fingerprint density at radius 2 is 2.41 bits per heavy atom. The predicted octanol–water partition coefficient (Wildman–Crippen LogP) is 0.260. The van der Waals surface area contributed by atoms with Crippen LogP contribution in [0.15, 0.2) is 18.5 Å². The van der Waals surface area contributed by atoms with Crippen molar-refractivity contribution in [2.24, 2.45) is 5.92 Å². The van der Waals surface area contributed by atoms with Crippen LogP contribution in [0.2, 0.25) is 0 Å². The first-order valence-corrected chi connectivity index (χ1v) is 6.28. The van der Waals surface area contributed by atoms with Crippen LogP contribution in [0.25, 0.3) is 0 Å². The van der Waals surface area contributed by atoms with Crippen LogP contribution in [-0.4, -0.2) is 47.3 Å². The van der Waals surface area contributed by atoms with Gasteiger partial charge in [0.25, 0.3) is 0 Å². The standard InChI is InChI=1S/C12H21N3O2/c16-12(9-15-6-1-4-14-15)8-13-5-7-17-10-11-2-3-11/h1,4,6,11-13,16H,2-3,5,7-10H2. The molecule has 96 valence electrons. The Morgan fingerprint density at radius 3 is 3.12 bits per heavy atom. The number of hydrogen-bond donors (Lipinski definition) is 2. The number of rotatable bonds is 9. The average molecular weight is 239 g/mol. The minimum atomic E-state index is -0.404. The normalized spacial score (nSPS) is 17.2. The van der Waals surface area contributed by atoms with Gasteiger partial charge in [-0.3, -0.25) is 4.68 Å². The fourth-order valence-corrected chi connectivity index (χ4v) is 1.64. The Morgan fingerprint density at radius 1 is 1.53 bits per heavy atom. The maximum atomic E-state index is 9.71. The Kier molecular flexibility index (Phi) is 4.97. The Bertz CT molecular complexity index is 299. The van der Waals surface area contributed by atoms with Gasteiger partial charge in [0.1, 0.15) is 0 Å². The monoisotopic (exact) mass is 239 g/mol. The molecule has 1 aliphatic rings. The zero-order chi connectivity index (χ0) is 11.9. The van der Waals surface area contributed by atoms with Gasteiger partial charge >= 0.3 is 0 Å². The zero-order valence-electron chi connectivity index (χ0n) is 10.1. The molecule has 1 aromatic rings. The molecule has 1 aliphatic carbocycles. The molecule has 5 nitrogen and oxygen atoms in total. The molecule has 0 aliphatic heterocycles. The average Bonchev–Trinajstić information content (AvgIpc) is 3.00. The summed E-state index contributed by atoms with van der Waals surface area (Å²) in [6.45, 7) is 3.53. The highest BCUT2D eigenvalue weighted by molar-refractivity contribution is 4.78. The molecule has 1 saturated carbocycles. The summed E-state index contributed by atoms with van der Waals surface area (Å²) in [4.78, 5) is 0. The third-order valence-electron chi connectivity index (χ3n) is 2.81. The molecule has 1 fully saturated rings. The van der Waals surface area contributed by atoms with Crippen molar-refractivity contribution in [1.82, 2.24) is 15.1 Å². The summed E-state index contributed by atoms with van der Waals surface area (Å²) in [7, 11) is 0. The van der Waals surface area contributed by atoms with Crippen molar-refractivity contribution in [2.45, 2.75) is 25.5 Å². The SMILES string of the molecule is OC(CNCCOCC1CC1)Cn1cccn1. The lowest BCUT2D eigenvalue weighted by atomic mass is 10.3. The molecule has 0 radical (unpaired) electrons. The van der Waals surface area contributed by atoms with Crippen LogP contribution in [0.4, 0.5) is 0 Å². The van der Waals surface area contributed by atoms with Gasteiger partial charge in [-0.05, 0) is 24.8 Å². The lowest BCUT2D eigenvalue weighted by Gasteiger charge is -2.12. The van der Waals surface area contributed by atoms with Gasteiger partial charge in [-0.1, -0.05) is 0 Å². The third-order valence-corrected chi connectivity index (χ3v) is 2.81. The molecule has 1 atom stereocenters. The molecule has 0 saturated heterocycles. The molecule has 2 N–H and O–H groups in total. The van der Waals surface area contributed by atoms with Gasteiger partial charge in [0.05, 0.1) is 19.3 Å². The van der Waals surface area contributed by atoms with E-state index in [0.29, 0.717) is 13.1 Å². The van der Waals surface area contributed by atoms with Gasteiger partial charge in [-0.2, -0.15) is 5.10 Å². The van der Waals surface area contributed by atoms with Crippen LogP contribution in [0.3, 0.4) is 0 Å². The fourth-order valence-electron chi connectivity index (χ4n) is 1.64. The topological polar surface area (TPSA) is 59.3 Å². The second kappa shape index (κ2) is 6.74. The quantitative estimate of drug-likeness (QED) is 0.607. The zero-order valence-corrected chi connectivity index (χ0v) is 10.1. The van der Waals surface area contributed by atoms with Gasteiger partial charge in [-0.25, -0.2) is 0 Å². The van der Waals surface area contributed by atoms with E-state index in [2.05, 4.69) is 10.4 Å². The molecule has 0 aromatic carbocycles. The van der Waals surface area contributed by atoms with E-state index >= 15 is 0 Å². The maximum Gasteiger partial charge on any atom is 0.0860 e. The maximum absolute atomic E-state index is 9.71. The van der Waals surface area contributed by atoms with Crippen LogP contribution in [-0.2, 0) is 11.3 Å². The highest BCUT2D eigenvalue weighted by Gasteiger charge is 2.20. The second-order valence-corrected chi connectivity index (χ2v) is 4.60. The number of aliphatic hydroxyl groups is 1. The third kappa shape index (κ3) is 5.30. The van der Waals surface area contributed by atoms with Crippen molar-refractivity contribution in [2.75, 3.05) is 26.3 Å². The largest absolute Gasteiger partial charge is 0.390 e. The summed E-state index contributed by atoms with van der Waals surface area (Å²) >= 11 is 0. The van der Waals surface area contributed by atoms with Crippen molar-refractivity contribution < 1.29 is 9.84 Å². The number of nitrogens with zero attached hydrogens (tertiary/aromatic N) is 2. The van der Waals surface area contributed by atoms with Gasteiger partial charge in [0, 0.05) is 32.1 Å². The van der Waals surface area contributed by atoms with Crippen LogP contribution < -0.4 is 5.32 Å². The highest BCUT2D eigenvalue weighted by atomic mass is 16.5.